The Morgan fingerprint density at radius 3 is 2.27 bits per heavy atom. The molecule has 0 fully saturated rings. The van der Waals surface area contributed by atoms with E-state index in [1.165, 1.54) is 0 Å². The summed E-state index contributed by atoms with van der Waals surface area (Å²) >= 11 is 0. The van der Waals surface area contributed by atoms with Gasteiger partial charge in [-0.1, -0.05) is 0 Å². The highest BCUT2D eigenvalue weighted by atomic mass is 16.5. The van der Waals surface area contributed by atoms with Crippen LogP contribution in [0.4, 0.5) is 0 Å². The van der Waals surface area contributed by atoms with E-state index in [0.717, 1.165) is 15.7 Å². The van der Waals surface area contributed by atoms with Gasteiger partial charge < -0.3 is 14.0 Å². The Balaban J connectivity index is 1.76. The number of aromatic nitrogens is 4. The van der Waals surface area contributed by atoms with Crippen molar-refractivity contribution in [3.63, 3.8) is 0 Å². The molecule has 3 heterocycles. The second-order valence-electron chi connectivity index (χ2n) is 6.74. The summed E-state index contributed by atoms with van der Waals surface area (Å²) in [6.45, 7) is 0.538. The summed E-state index contributed by atoms with van der Waals surface area (Å²) in [5.41, 5.74) is 1.10. The Bertz CT molecular complexity index is 1240. The Morgan fingerprint density at radius 2 is 1.60 bits per heavy atom. The predicted octanol–water partition coefficient (Wildman–Crippen LogP) is 2.02. The summed E-state index contributed by atoms with van der Waals surface area (Å²) in [7, 11) is 3.17. The van der Waals surface area contributed by atoms with Gasteiger partial charge in [-0.05, 0) is 47.5 Å². The van der Waals surface area contributed by atoms with Gasteiger partial charge in [-0.2, -0.15) is 4.98 Å². The van der Waals surface area contributed by atoms with Crippen LogP contribution in [-0.2, 0) is 13.1 Å². The molecule has 4 rings (SSSR count). The van der Waals surface area contributed by atoms with Crippen molar-refractivity contribution in [2.75, 3.05) is 14.2 Å². The van der Waals surface area contributed by atoms with Crippen LogP contribution in [0.15, 0.2) is 70.6 Å². The first-order valence-corrected chi connectivity index (χ1v) is 9.30. The number of pyridine rings is 2. The zero-order valence-electron chi connectivity index (χ0n) is 16.6. The van der Waals surface area contributed by atoms with Gasteiger partial charge in [0.25, 0.3) is 5.56 Å². The molecule has 0 bridgehead atoms. The molecule has 8 heteroatoms. The molecule has 0 amide bonds. The molecule has 0 unspecified atom stereocenters. The molecule has 0 radical (unpaired) electrons. The van der Waals surface area contributed by atoms with Gasteiger partial charge in [0.15, 0.2) is 5.82 Å². The van der Waals surface area contributed by atoms with E-state index in [1.54, 1.807) is 67.7 Å². The van der Waals surface area contributed by atoms with E-state index in [4.69, 9.17) is 9.47 Å². The summed E-state index contributed by atoms with van der Waals surface area (Å²) in [5, 5.41) is 0. The van der Waals surface area contributed by atoms with Gasteiger partial charge in [-0.3, -0.25) is 14.3 Å². The van der Waals surface area contributed by atoms with Gasteiger partial charge in [0.2, 0.25) is 0 Å². The molecular formula is C22H20N4O4. The smallest absolute Gasteiger partial charge is 0.352 e. The minimum Gasteiger partial charge on any atom is -0.497 e. The van der Waals surface area contributed by atoms with E-state index in [9.17, 15) is 9.59 Å². The fourth-order valence-corrected chi connectivity index (χ4v) is 3.31. The third-order valence-electron chi connectivity index (χ3n) is 4.80. The minimum absolute atomic E-state index is 0.144. The van der Waals surface area contributed by atoms with Crippen LogP contribution in [0.3, 0.4) is 0 Å². The van der Waals surface area contributed by atoms with Crippen LogP contribution >= 0.6 is 0 Å². The maximum absolute atomic E-state index is 13.0. The lowest BCUT2D eigenvalue weighted by atomic mass is 10.1. The quantitative estimate of drug-likeness (QED) is 0.489. The third-order valence-corrected chi connectivity index (χ3v) is 4.80. The first-order valence-electron chi connectivity index (χ1n) is 9.30. The molecule has 30 heavy (non-hydrogen) atoms. The summed E-state index contributed by atoms with van der Waals surface area (Å²) in [6, 6.07) is 12.5. The van der Waals surface area contributed by atoms with E-state index in [-0.39, 0.29) is 12.1 Å². The molecule has 2 aromatic rings. The van der Waals surface area contributed by atoms with Gasteiger partial charge in [0.05, 0.1) is 26.3 Å². The van der Waals surface area contributed by atoms with Crippen LogP contribution in [0.5, 0.6) is 11.5 Å². The van der Waals surface area contributed by atoms with Gasteiger partial charge in [-0.25, -0.2) is 4.79 Å². The number of methoxy groups -OCH3 is 2. The van der Waals surface area contributed by atoms with Gasteiger partial charge in [0.1, 0.15) is 11.5 Å². The maximum atomic E-state index is 13.0. The van der Waals surface area contributed by atoms with Crippen LogP contribution in [0.1, 0.15) is 11.1 Å². The number of nitrogens with zero attached hydrogens (tertiary/aromatic N) is 4. The number of hydrogen-bond acceptors (Lipinski definition) is 6. The second kappa shape index (κ2) is 8.20. The molecule has 0 saturated carbocycles. The largest absolute Gasteiger partial charge is 0.497 e. The van der Waals surface area contributed by atoms with Crippen molar-refractivity contribution in [2.45, 2.75) is 13.1 Å². The molecule has 0 N–H and O–H groups in total. The van der Waals surface area contributed by atoms with E-state index >= 15 is 0 Å². The molecular weight excluding hydrogens is 384 g/mol. The molecule has 2 aliphatic heterocycles. The van der Waals surface area contributed by atoms with Crippen LogP contribution in [0.25, 0.3) is 11.4 Å². The number of ether oxygens (including phenoxy) is 2. The normalized spacial score (nSPS) is 10.9. The minimum atomic E-state index is -0.590. The lowest BCUT2D eigenvalue weighted by molar-refractivity contribution is 0.393. The van der Waals surface area contributed by atoms with Crippen molar-refractivity contribution in [2.24, 2.45) is 0 Å². The summed E-state index contributed by atoms with van der Waals surface area (Å²) < 4.78 is 13.5. The molecule has 8 nitrogen and oxygen atoms in total. The molecule has 1 aromatic heterocycles. The lowest BCUT2D eigenvalue weighted by Crippen LogP contribution is -2.38. The molecule has 0 saturated heterocycles. The van der Waals surface area contributed by atoms with E-state index in [1.807, 2.05) is 12.1 Å². The van der Waals surface area contributed by atoms with Crippen molar-refractivity contribution in [1.82, 2.24) is 19.1 Å². The standard InChI is InChI=1S/C22H20N4O4/c1-29-17-10-16(11-18(12-17)30-2)13-25-9-3-4-19-20(25)24-22(28)26(21(19)27)14-15-5-7-23-8-6-15/h3-12H,13-14H2,1-2H3. The molecule has 0 spiro atoms. The Morgan fingerprint density at radius 1 is 0.900 bits per heavy atom. The number of benzene rings is 1. The first kappa shape index (κ1) is 19.4. The van der Waals surface area contributed by atoms with Crippen molar-refractivity contribution in [1.29, 1.82) is 0 Å². The van der Waals surface area contributed by atoms with Gasteiger partial charge >= 0.3 is 5.69 Å². The Kier molecular flexibility index (Phi) is 5.30. The highest BCUT2D eigenvalue weighted by molar-refractivity contribution is 5.55. The lowest BCUT2D eigenvalue weighted by Gasteiger charge is -2.16. The molecule has 0 aliphatic carbocycles. The van der Waals surface area contributed by atoms with Crippen LogP contribution in [0.2, 0.25) is 0 Å². The number of rotatable bonds is 6. The number of hydrogen-bond donors (Lipinski definition) is 0. The van der Waals surface area contributed by atoms with Gasteiger partial charge in [-0.15, -0.1) is 0 Å². The molecule has 152 valence electrons. The molecule has 1 aromatic carbocycles. The van der Waals surface area contributed by atoms with Crippen LogP contribution < -0.4 is 20.7 Å². The highest BCUT2D eigenvalue weighted by Gasteiger charge is 2.17. The Hall–Kier alpha value is -3.94. The molecule has 0 atom stereocenters. The first-order chi connectivity index (χ1) is 14.6. The van der Waals surface area contributed by atoms with E-state index in [2.05, 4.69) is 9.97 Å². The summed E-state index contributed by atoms with van der Waals surface area (Å²) in [5.74, 6) is 1.64. The maximum Gasteiger partial charge on any atom is 0.352 e. The third kappa shape index (κ3) is 3.80. The second-order valence-corrected chi connectivity index (χ2v) is 6.74. The Labute approximate surface area is 172 Å². The number of fused-ring (bicyclic) bond motifs is 1. The highest BCUT2D eigenvalue weighted by Crippen LogP contribution is 2.24. The SMILES string of the molecule is COc1cc(Cn2cccc3c(=O)n(Cc4ccncc4)c(=O)nc2-3)cc(OC)c1. The average Bonchev–Trinajstić information content (AvgIpc) is 2.77. The van der Waals surface area contributed by atoms with Crippen LogP contribution in [0, 0.1) is 0 Å². The van der Waals surface area contributed by atoms with Crippen LogP contribution in [-0.4, -0.2) is 33.3 Å². The topological polar surface area (TPSA) is 88.2 Å². The van der Waals surface area contributed by atoms with Crippen molar-refractivity contribution in [3.05, 3.63) is 93.0 Å². The monoisotopic (exact) mass is 404 g/mol. The van der Waals surface area contributed by atoms with Crippen molar-refractivity contribution < 1.29 is 9.47 Å². The van der Waals surface area contributed by atoms with E-state index in [0.29, 0.717) is 29.4 Å². The zero-order chi connectivity index (χ0) is 21.1. The van der Waals surface area contributed by atoms with E-state index < -0.39 is 5.69 Å². The fraction of sp³-hybridized carbons (Fsp3) is 0.182. The molecule has 2 aliphatic rings. The summed E-state index contributed by atoms with van der Waals surface area (Å²) in [6.07, 6.45) is 5.03. The van der Waals surface area contributed by atoms with Crippen molar-refractivity contribution in [3.8, 4) is 22.9 Å². The van der Waals surface area contributed by atoms with Gasteiger partial charge in [0, 0.05) is 31.2 Å². The predicted molar refractivity (Wildman–Crippen MR) is 111 cm³/mol. The summed E-state index contributed by atoms with van der Waals surface area (Å²) in [4.78, 5) is 33.8. The zero-order valence-corrected chi connectivity index (χ0v) is 16.6. The average molecular weight is 404 g/mol. The van der Waals surface area contributed by atoms with Crippen molar-refractivity contribution >= 4 is 0 Å². The fourth-order valence-electron chi connectivity index (χ4n) is 3.31.